The summed E-state index contributed by atoms with van der Waals surface area (Å²) in [5, 5.41) is 12.9. The predicted octanol–water partition coefficient (Wildman–Crippen LogP) is 3.27. The summed E-state index contributed by atoms with van der Waals surface area (Å²) < 4.78 is 16.8. The fourth-order valence-electron chi connectivity index (χ4n) is 4.31. The molecule has 0 aliphatic carbocycles. The number of aryl methyl sites for hydroxylation is 1. The molecule has 3 N–H and O–H groups in total. The van der Waals surface area contributed by atoms with Gasteiger partial charge in [0, 0.05) is 35.7 Å². The van der Waals surface area contributed by atoms with Crippen LogP contribution in [0.4, 0.5) is 0 Å². The highest BCUT2D eigenvalue weighted by Crippen LogP contribution is 2.28. The van der Waals surface area contributed by atoms with Crippen molar-refractivity contribution < 1.29 is 29.0 Å². The van der Waals surface area contributed by atoms with E-state index < -0.39 is 17.7 Å². The number of carbonyl (C=O) groups is 2. The lowest BCUT2D eigenvalue weighted by molar-refractivity contribution is -0.171. The molecule has 1 saturated heterocycles. The second-order valence-corrected chi connectivity index (χ2v) is 8.71. The van der Waals surface area contributed by atoms with Crippen molar-refractivity contribution in [3.8, 4) is 5.75 Å². The van der Waals surface area contributed by atoms with Gasteiger partial charge in [0.1, 0.15) is 12.4 Å². The Morgan fingerprint density at radius 2 is 1.97 bits per heavy atom. The zero-order valence-electron chi connectivity index (χ0n) is 19.7. The molecule has 1 aliphatic rings. The van der Waals surface area contributed by atoms with Crippen LogP contribution in [0.25, 0.3) is 10.9 Å². The second-order valence-electron chi connectivity index (χ2n) is 8.71. The van der Waals surface area contributed by atoms with Crippen LogP contribution in [0.5, 0.6) is 5.75 Å². The maximum absolute atomic E-state index is 13.0. The van der Waals surface area contributed by atoms with E-state index in [1.165, 1.54) is 0 Å². The Hall–Kier alpha value is -3.53. The van der Waals surface area contributed by atoms with Crippen LogP contribution >= 0.6 is 0 Å². The SMILES string of the molecule is COC1CCC(CC(=O)NO)(NC(=O)c2ccc(OCc3cc(C)nc4ccccc34)cc2)CO1. The molecule has 2 unspecified atom stereocenters. The van der Waals surface area contributed by atoms with E-state index in [0.29, 0.717) is 30.8 Å². The third-order valence-electron chi connectivity index (χ3n) is 6.11. The Bertz CT molecular complexity index is 1190. The molecular weight excluding hydrogens is 450 g/mol. The first-order chi connectivity index (χ1) is 16.9. The summed E-state index contributed by atoms with van der Waals surface area (Å²) in [6, 6.07) is 16.7. The number of methoxy groups -OCH3 is 1. The number of para-hydroxylation sites is 1. The third kappa shape index (κ3) is 5.94. The molecule has 3 aromatic rings. The molecule has 1 fully saturated rings. The number of hydrogen-bond acceptors (Lipinski definition) is 7. The topological polar surface area (TPSA) is 119 Å². The number of nitrogens with zero attached hydrogens (tertiary/aromatic N) is 1. The molecule has 0 spiro atoms. The van der Waals surface area contributed by atoms with Gasteiger partial charge in [0.2, 0.25) is 5.91 Å². The number of fused-ring (bicyclic) bond motifs is 1. The lowest BCUT2D eigenvalue weighted by Crippen LogP contribution is -2.57. The van der Waals surface area contributed by atoms with Gasteiger partial charge in [-0.3, -0.25) is 19.8 Å². The van der Waals surface area contributed by atoms with Crippen LogP contribution < -0.4 is 15.5 Å². The zero-order valence-corrected chi connectivity index (χ0v) is 19.7. The van der Waals surface area contributed by atoms with Crippen molar-refractivity contribution in [1.82, 2.24) is 15.8 Å². The molecule has 9 heteroatoms. The van der Waals surface area contributed by atoms with Gasteiger partial charge in [0.05, 0.1) is 24.1 Å². The van der Waals surface area contributed by atoms with Crippen LogP contribution in [0.15, 0.2) is 54.6 Å². The standard InChI is InChI=1S/C26H29N3O6/c1-17-13-19(21-5-3-4-6-22(21)27-17)15-34-20-9-7-18(8-10-20)25(31)28-26(14-23(30)29-32)12-11-24(33-2)35-16-26/h3-10,13,24,32H,11-12,14-16H2,1-2H3,(H,28,31)(H,29,30). The maximum Gasteiger partial charge on any atom is 0.251 e. The van der Waals surface area contributed by atoms with E-state index in [9.17, 15) is 9.59 Å². The highest BCUT2D eigenvalue weighted by atomic mass is 16.7. The van der Waals surface area contributed by atoms with E-state index in [2.05, 4.69) is 10.3 Å². The first kappa shape index (κ1) is 24.6. The molecule has 1 aliphatic heterocycles. The normalized spacial score (nSPS) is 19.8. The summed E-state index contributed by atoms with van der Waals surface area (Å²) >= 11 is 0. The lowest BCUT2D eigenvalue weighted by atomic mass is 9.87. The Labute approximate surface area is 203 Å². The molecule has 184 valence electrons. The number of nitrogens with one attached hydrogen (secondary N) is 2. The predicted molar refractivity (Wildman–Crippen MR) is 128 cm³/mol. The Balaban J connectivity index is 1.42. The molecule has 2 atom stereocenters. The quantitative estimate of drug-likeness (QED) is 0.335. The summed E-state index contributed by atoms with van der Waals surface area (Å²) in [7, 11) is 1.54. The molecule has 9 nitrogen and oxygen atoms in total. The van der Waals surface area contributed by atoms with Crippen LogP contribution in [0.2, 0.25) is 0 Å². The summed E-state index contributed by atoms with van der Waals surface area (Å²) in [5.41, 5.74) is 3.97. The van der Waals surface area contributed by atoms with Crippen LogP contribution in [-0.2, 0) is 20.9 Å². The van der Waals surface area contributed by atoms with E-state index in [0.717, 1.165) is 22.2 Å². The van der Waals surface area contributed by atoms with Crippen molar-refractivity contribution in [3.05, 3.63) is 71.4 Å². The van der Waals surface area contributed by atoms with Crippen LogP contribution in [-0.4, -0.2) is 47.6 Å². The minimum atomic E-state index is -0.950. The van der Waals surface area contributed by atoms with Crippen LogP contribution in [0.3, 0.4) is 0 Å². The number of benzene rings is 2. The number of rotatable bonds is 8. The number of hydroxylamine groups is 1. The number of aromatic nitrogens is 1. The van der Waals surface area contributed by atoms with Gasteiger partial charge < -0.3 is 19.5 Å². The average molecular weight is 480 g/mol. The van der Waals surface area contributed by atoms with E-state index in [1.54, 1.807) is 36.9 Å². The maximum atomic E-state index is 13.0. The molecule has 2 amide bonds. The molecule has 0 saturated carbocycles. The van der Waals surface area contributed by atoms with Crippen molar-refractivity contribution in [2.45, 2.75) is 44.6 Å². The third-order valence-corrected chi connectivity index (χ3v) is 6.11. The van der Waals surface area contributed by atoms with Crippen molar-refractivity contribution in [3.63, 3.8) is 0 Å². The molecule has 0 radical (unpaired) electrons. The summed E-state index contributed by atoms with van der Waals surface area (Å²) in [6.45, 7) is 2.41. The van der Waals surface area contributed by atoms with Crippen molar-refractivity contribution in [1.29, 1.82) is 0 Å². The molecular formula is C26H29N3O6. The Kier molecular flexibility index (Phi) is 7.60. The van der Waals surface area contributed by atoms with Gasteiger partial charge in [-0.1, -0.05) is 18.2 Å². The highest BCUT2D eigenvalue weighted by molar-refractivity contribution is 5.95. The number of pyridine rings is 1. The van der Waals surface area contributed by atoms with Gasteiger partial charge in [-0.25, -0.2) is 5.48 Å². The zero-order chi connectivity index (χ0) is 24.8. The summed E-state index contributed by atoms with van der Waals surface area (Å²) in [6.07, 6.45) is 0.456. The number of hydrogen-bond donors (Lipinski definition) is 3. The van der Waals surface area contributed by atoms with E-state index in [1.807, 2.05) is 37.3 Å². The van der Waals surface area contributed by atoms with Crippen molar-refractivity contribution in [2.75, 3.05) is 13.7 Å². The van der Waals surface area contributed by atoms with Crippen LogP contribution in [0, 0.1) is 6.92 Å². The van der Waals surface area contributed by atoms with E-state index in [-0.39, 0.29) is 18.9 Å². The lowest BCUT2D eigenvalue weighted by Gasteiger charge is -2.39. The first-order valence-electron chi connectivity index (χ1n) is 11.4. The van der Waals surface area contributed by atoms with Gasteiger partial charge in [0.25, 0.3) is 5.91 Å². The molecule has 2 aromatic carbocycles. The number of carbonyl (C=O) groups excluding carboxylic acids is 2. The molecule has 4 rings (SSSR count). The molecule has 2 heterocycles. The van der Waals surface area contributed by atoms with Gasteiger partial charge in [-0.15, -0.1) is 0 Å². The van der Waals surface area contributed by atoms with Gasteiger partial charge in [-0.2, -0.15) is 0 Å². The second kappa shape index (κ2) is 10.8. The molecule has 0 bridgehead atoms. The van der Waals surface area contributed by atoms with Gasteiger partial charge >= 0.3 is 0 Å². The average Bonchev–Trinajstić information content (AvgIpc) is 2.87. The number of amides is 2. The van der Waals surface area contributed by atoms with Crippen molar-refractivity contribution >= 4 is 22.7 Å². The Morgan fingerprint density at radius 3 is 2.66 bits per heavy atom. The first-order valence-corrected chi connectivity index (χ1v) is 11.4. The largest absolute Gasteiger partial charge is 0.489 e. The van der Waals surface area contributed by atoms with Gasteiger partial charge in [-0.05, 0) is 49.7 Å². The fourth-order valence-corrected chi connectivity index (χ4v) is 4.31. The van der Waals surface area contributed by atoms with Crippen LogP contribution in [0.1, 0.15) is 40.9 Å². The summed E-state index contributed by atoms with van der Waals surface area (Å²) in [5.74, 6) is -0.330. The smallest absolute Gasteiger partial charge is 0.251 e. The monoisotopic (exact) mass is 479 g/mol. The van der Waals surface area contributed by atoms with Gasteiger partial charge in [0.15, 0.2) is 6.29 Å². The highest BCUT2D eigenvalue weighted by Gasteiger charge is 2.39. The summed E-state index contributed by atoms with van der Waals surface area (Å²) in [4.78, 5) is 29.4. The Morgan fingerprint density at radius 1 is 1.20 bits per heavy atom. The molecule has 1 aromatic heterocycles. The molecule has 35 heavy (non-hydrogen) atoms. The van der Waals surface area contributed by atoms with E-state index in [4.69, 9.17) is 19.4 Å². The minimum absolute atomic E-state index is 0.0885. The van der Waals surface area contributed by atoms with Crippen molar-refractivity contribution in [2.24, 2.45) is 0 Å². The fraction of sp³-hybridized carbons (Fsp3) is 0.346. The number of ether oxygens (including phenoxy) is 3. The minimum Gasteiger partial charge on any atom is -0.489 e. The van der Waals surface area contributed by atoms with E-state index >= 15 is 0 Å².